The zero-order valence-corrected chi connectivity index (χ0v) is 9.28. The molecule has 1 heterocycles. The number of anilines is 3. The van der Waals surface area contributed by atoms with E-state index in [0.29, 0.717) is 11.4 Å². The van der Waals surface area contributed by atoms with Crippen molar-refractivity contribution in [3.8, 4) is 0 Å². The first-order chi connectivity index (χ1) is 7.88. The molecule has 2 rings (SSSR count). The molecule has 0 radical (unpaired) electrons. The van der Waals surface area contributed by atoms with Crippen LogP contribution < -0.4 is 16.4 Å². The minimum Gasteiger partial charge on any atom is -0.397 e. The van der Waals surface area contributed by atoms with Gasteiger partial charge in [-0.2, -0.15) is 13.2 Å². The summed E-state index contributed by atoms with van der Waals surface area (Å²) in [6, 6.07) is 1.35. The van der Waals surface area contributed by atoms with Gasteiger partial charge in [-0.25, -0.2) is 0 Å². The van der Waals surface area contributed by atoms with Gasteiger partial charge in [0.15, 0.2) is 0 Å². The van der Waals surface area contributed by atoms with Crippen LogP contribution in [0.15, 0.2) is 18.5 Å². The Morgan fingerprint density at radius 1 is 1.24 bits per heavy atom. The van der Waals surface area contributed by atoms with Gasteiger partial charge in [0.05, 0.1) is 28.5 Å². The SMILES string of the molecule is Nc1c(CC(F)(F)F)cc2c(c1Cl)NC=CN2. The van der Waals surface area contributed by atoms with Crippen molar-refractivity contribution in [1.82, 2.24) is 0 Å². The second-order valence-electron chi connectivity index (χ2n) is 3.60. The molecule has 7 heteroatoms. The van der Waals surface area contributed by atoms with E-state index in [1.165, 1.54) is 6.07 Å². The molecule has 1 aliphatic heterocycles. The van der Waals surface area contributed by atoms with E-state index in [1.54, 1.807) is 12.4 Å². The van der Waals surface area contributed by atoms with Gasteiger partial charge >= 0.3 is 6.18 Å². The van der Waals surface area contributed by atoms with E-state index in [0.717, 1.165) is 0 Å². The molecule has 1 aromatic rings. The normalized spacial score (nSPS) is 13.9. The molecule has 17 heavy (non-hydrogen) atoms. The fourth-order valence-corrected chi connectivity index (χ4v) is 1.87. The van der Waals surface area contributed by atoms with E-state index in [1.807, 2.05) is 0 Å². The van der Waals surface area contributed by atoms with Gasteiger partial charge in [0, 0.05) is 12.4 Å². The summed E-state index contributed by atoms with van der Waals surface area (Å²) in [5, 5.41) is 5.73. The lowest BCUT2D eigenvalue weighted by Crippen LogP contribution is -2.14. The van der Waals surface area contributed by atoms with E-state index in [-0.39, 0.29) is 16.3 Å². The molecule has 0 amide bonds. The molecule has 3 nitrogen and oxygen atoms in total. The number of rotatable bonds is 1. The molecule has 0 unspecified atom stereocenters. The predicted octanol–water partition coefficient (Wildman–Crippen LogP) is 3.34. The maximum Gasteiger partial charge on any atom is 0.393 e. The van der Waals surface area contributed by atoms with Gasteiger partial charge in [-0.1, -0.05) is 11.6 Å². The van der Waals surface area contributed by atoms with E-state index in [4.69, 9.17) is 17.3 Å². The molecule has 0 spiro atoms. The predicted molar refractivity (Wildman–Crippen MR) is 62.0 cm³/mol. The molecule has 92 valence electrons. The summed E-state index contributed by atoms with van der Waals surface area (Å²) in [4.78, 5) is 0. The fraction of sp³-hybridized carbons (Fsp3) is 0.200. The van der Waals surface area contributed by atoms with Crippen LogP contribution in [0.5, 0.6) is 0 Å². The number of hydrogen-bond acceptors (Lipinski definition) is 3. The van der Waals surface area contributed by atoms with Gasteiger partial charge < -0.3 is 16.4 Å². The maximum absolute atomic E-state index is 12.3. The Bertz CT molecular complexity index is 483. The number of halogens is 4. The van der Waals surface area contributed by atoms with Crippen LogP contribution in [0, 0.1) is 0 Å². The largest absolute Gasteiger partial charge is 0.397 e. The van der Waals surface area contributed by atoms with E-state index >= 15 is 0 Å². The van der Waals surface area contributed by atoms with Crippen molar-refractivity contribution >= 4 is 28.7 Å². The molecule has 1 aromatic carbocycles. The summed E-state index contributed by atoms with van der Waals surface area (Å²) < 4.78 is 37.0. The third-order valence-electron chi connectivity index (χ3n) is 2.33. The highest BCUT2D eigenvalue weighted by atomic mass is 35.5. The molecule has 0 atom stereocenters. The third kappa shape index (κ3) is 2.41. The zero-order chi connectivity index (χ0) is 12.6. The number of alkyl halides is 3. The summed E-state index contributed by atoms with van der Waals surface area (Å²) in [6.07, 6.45) is -2.27. The van der Waals surface area contributed by atoms with Crippen LogP contribution in [0.3, 0.4) is 0 Å². The topological polar surface area (TPSA) is 50.1 Å². The molecule has 0 saturated heterocycles. The molecule has 1 aliphatic rings. The number of hydrogen-bond donors (Lipinski definition) is 3. The highest BCUT2D eigenvalue weighted by molar-refractivity contribution is 6.36. The number of fused-ring (bicyclic) bond motifs is 1. The lowest BCUT2D eigenvalue weighted by atomic mass is 10.1. The highest BCUT2D eigenvalue weighted by Gasteiger charge is 2.30. The molecule has 4 N–H and O–H groups in total. The van der Waals surface area contributed by atoms with E-state index in [2.05, 4.69) is 10.6 Å². The fourth-order valence-electron chi connectivity index (χ4n) is 1.59. The standard InChI is InChI=1S/C10H9ClF3N3/c11-7-8(15)5(4-10(12,13)14)3-6-9(7)17-2-1-16-6/h1-3,16-17H,4,15H2. The quantitative estimate of drug-likeness (QED) is 0.681. The van der Waals surface area contributed by atoms with Crippen LogP contribution in [-0.4, -0.2) is 6.18 Å². The molecule has 0 saturated carbocycles. The van der Waals surface area contributed by atoms with Gasteiger partial charge in [0.1, 0.15) is 0 Å². The zero-order valence-electron chi connectivity index (χ0n) is 8.53. The lowest BCUT2D eigenvalue weighted by molar-refractivity contribution is -0.127. The average Bonchev–Trinajstić information content (AvgIpc) is 2.24. The van der Waals surface area contributed by atoms with E-state index < -0.39 is 12.6 Å². The van der Waals surface area contributed by atoms with Crippen molar-refractivity contribution in [2.24, 2.45) is 0 Å². The van der Waals surface area contributed by atoms with Gasteiger partial charge in [-0.15, -0.1) is 0 Å². The van der Waals surface area contributed by atoms with Crippen molar-refractivity contribution < 1.29 is 13.2 Å². The monoisotopic (exact) mass is 263 g/mol. The highest BCUT2D eigenvalue weighted by Crippen LogP contribution is 2.40. The average molecular weight is 264 g/mol. The molecule has 0 aromatic heterocycles. The number of nitrogen functional groups attached to an aromatic ring is 1. The Morgan fingerprint density at radius 2 is 1.88 bits per heavy atom. The Kier molecular flexibility index (Phi) is 2.82. The van der Waals surface area contributed by atoms with Crippen LogP contribution in [0.25, 0.3) is 0 Å². The van der Waals surface area contributed by atoms with E-state index in [9.17, 15) is 13.2 Å². The van der Waals surface area contributed by atoms with Crippen molar-refractivity contribution in [3.63, 3.8) is 0 Å². The van der Waals surface area contributed by atoms with Crippen LogP contribution in [0.2, 0.25) is 5.02 Å². The van der Waals surface area contributed by atoms with Crippen LogP contribution in [-0.2, 0) is 6.42 Å². The van der Waals surface area contributed by atoms with Gasteiger partial charge in [-0.05, 0) is 11.6 Å². The Hall–Kier alpha value is -1.56. The van der Waals surface area contributed by atoms with Crippen molar-refractivity contribution in [2.75, 3.05) is 16.4 Å². The minimum absolute atomic E-state index is 0.0362. The molecule has 0 fully saturated rings. The summed E-state index contributed by atoms with van der Waals surface area (Å²) >= 11 is 5.92. The second kappa shape index (κ2) is 4.03. The van der Waals surface area contributed by atoms with Crippen LogP contribution >= 0.6 is 11.6 Å². The van der Waals surface area contributed by atoms with Gasteiger partial charge in [0.25, 0.3) is 0 Å². The molecule has 0 bridgehead atoms. The van der Waals surface area contributed by atoms with Gasteiger partial charge in [-0.3, -0.25) is 0 Å². The van der Waals surface area contributed by atoms with Crippen LogP contribution in [0.4, 0.5) is 30.2 Å². The summed E-state index contributed by atoms with van der Waals surface area (Å²) in [7, 11) is 0. The number of benzene rings is 1. The lowest BCUT2D eigenvalue weighted by Gasteiger charge is -2.20. The van der Waals surface area contributed by atoms with Gasteiger partial charge in [0.2, 0.25) is 0 Å². The summed E-state index contributed by atoms with van der Waals surface area (Å²) in [5.74, 6) is 0. The minimum atomic E-state index is -4.32. The molecular weight excluding hydrogens is 255 g/mol. The van der Waals surface area contributed by atoms with Crippen LogP contribution in [0.1, 0.15) is 5.56 Å². The number of nitrogens with two attached hydrogens (primary N) is 1. The first-order valence-corrected chi connectivity index (χ1v) is 5.12. The molecule has 0 aliphatic carbocycles. The Morgan fingerprint density at radius 3 is 2.53 bits per heavy atom. The third-order valence-corrected chi connectivity index (χ3v) is 2.72. The smallest absolute Gasteiger partial charge is 0.393 e. The van der Waals surface area contributed by atoms with Crippen molar-refractivity contribution in [3.05, 3.63) is 29.1 Å². The Balaban J connectivity index is 2.46. The number of nitrogens with one attached hydrogen (secondary N) is 2. The Labute approximate surface area is 100 Å². The first-order valence-electron chi connectivity index (χ1n) is 4.74. The summed E-state index contributed by atoms with van der Waals surface area (Å²) in [6.45, 7) is 0. The second-order valence-corrected chi connectivity index (χ2v) is 3.98. The summed E-state index contributed by atoms with van der Waals surface area (Å²) in [5.41, 5.74) is 6.47. The molecular formula is C10H9ClF3N3. The van der Waals surface area contributed by atoms with Crippen molar-refractivity contribution in [1.29, 1.82) is 0 Å². The first kappa shape index (κ1) is 11.9. The van der Waals surface area contributed by atoms with Crippen molar-refractivity contribution in [2.45, 2.75) is 12.6 Å². The maximum atomic E-state index is 12.3.